The summed E-state index contributed by atoms with van der Waals surface area (Å²) >= 11 is 1.64. The Kier molecular flexibility index (Phi) is 6.47. The van der Waals surface area contributed by atoms with Gasteiger partial charge in [-0.15, -0.1) is 11.8 Å². The van der Waals surface area contributed by atoms with E-state index in [9.17, 15) is 9.59 Å². The average molecular weight is 336 g/mol. The highest BCUT2D eigenvalue weighted by atomic mass is 32.2. The van der Waals surface area contributed by atoms with Crippen molar-refractivity contribution in [3.05, 3.63) is 35.4 Å². The van der Waals surface area contributed by atoms with Crippen LogP contribution in [0.3, 0.4) is 0 Å². The van der Waals surface area contributed by atoms with Gasteiger partial charge in [0, 0.05) is 13.1 Å². The van der Waals surface area contributed by atoms with Gasteiger partial charge in [-0.3, -0.25) is 4.79 Å². The van der Waals surface area contributed by atoms with Gasteiger partial charge in [0.1, 0.15) is 5.37 Å². The molecule has 6 heteroatoms. The van der Waals surface area contributed by atoms with Crippen LogP contribution in [-0.4, -0.2) is 60.7 Å². The lowest BCUT2D eigenvalue weighted by molar-refractivity contribution is -0.128. The summed E-state index contributed by atoms with van der Waals surface area (Å²) in [4.78, 5) is 27.9. The summed E-state index contributed by atoms with van der Waals surface area (Å²) in [6.07, 6.45) is 0. The van der Waals surface area contributed by atoms with Gasteiger partial charge in [0.25, 0.3) is 0 Å². The summed E-state index contributed by atoms with van der Waals surface area (Å²) in [7, 11) is 1.37. The maximum Gasteiger partial charge on any atom is 0.337 e. The fraction of sp³-hybridized carbons (Fsp3) is 0.529. The molecule has 1 atom stereocenters. The highest BCUT2D eigenvalue weighted by Gasteiger charge is 2.32. The van der Waals surface area contributed by atoms with Crippen molar-refractivity contribution in [3.8, 4) is 0 Å². The largest absolute Gasteiger partial charge is 0.465 e. The maximum absolute atomic E-state index is 12.2. The van der Waals surface area contributed by atoms with Crippen molar-refractivity contribution in [3.63, 3.8) is 0 Å². The third-order valence-electron chi connectivity index (χ3n) is 4.14. The Hall–Kier alpha value is -1.53. The fourth-order valence-corrected chi connectivity index (χ4v) is 3.88. The van der Waals surface area contributed by atoms with Crippen molar-refractivity contribution in [2.24, 2.45) is 0 Å². The van der Waals surface area contributed by atoms with E-state index in [-0.39, 0.29) is 17.3 Å². The number of rotatable bonds is 7. The zero-order valence-electron chi connectivity index (χ0n) is 13.9. The number of thioether (sulfide) groups is 1. The summed E-state index contributed by atoms with van der Waals surface area (Å²) in [6, 6.07) is 7.33. The Labute approximate surface area is 142 Å². The summed E-state index contributed by atoms with van der Waals surface area (Å²) in [5.41, 5.74) is 1.58. The van der Waals surface area contributed by atoms with Gasteiger partial charge in [-0.2, -0.15) is 0 Å². The molecule has 0 N–H and O–H groups in total. The van der Waals surface area contributed by atoms with Gasteiger partial charge in [-0.25, -0.2) is 4.79 Å². The smallest absolute Gasteiger partial charge is 0.337 e. The molecule has 1 saturated heterocycles. The summed E-state index contributed by atoms with van der Waals surface area (Å²) in [6.45, 7) is 7.86. The number of nitrogens with zero attached hydrogens (tertiary/aromatic N) is 2. The lowest BCUT2D eigenvalue weighted by Crippen LogP contribution is -2.37. The molecule has 1 heterocycles. The Balaban J connectivity index is 2.07. The van der Waals surface area contributed by atoms with E-state index in [0.29, 0.717) is 11.3 Å². The number of esters is 1. The number of hydrogen-bond donors (Lipinski definition) is 0. The van der Waals surface area contributed by atoms with Crippen molar-refractivity contribution >= 4 is 23.6 Å². The van der Waals surface area contributed by atoms with E-state index in [0.717, 1.165) is 31.7 Å². The number of benzene rings is 1. The number of hydrogen-bond acceptors (Lipinski definition) is 5. The fourth-order valence-electron chi connectivity index (χ4n) is 2.66. The number of likely N-dealkylation sites (N-methyl/N-ethyl adjacent to an activating group) is 1. The topological polar surface area (TPSA) is 49.9 Å². The molecule has 23 heavy (non-hydrogen) atoms. The predicted octanol–water partition coefficient (Wildman–Crippen LogP) is 2.39. The molecule has 1 aromatic carbocycles. The van der Waals surface area contributed by atoms with Crippen LogP contribution in [0.2, 0.25) is 0 Å². The van der Waals surface area contributed by atoms with Crippen LogP contribution < -0.4 is 0 Å². The third-order valence-corrected chi connectivity index (χ3v) is 5.39. The standard InChI is InChI=1S/C17H24N2O3S/c1-4-18(5-2)10-11-19-15(20)12-23-16(19)13-6-8-14(9-7-13)17(21)22-3/h6-9,16H,4-5,10-12H2,1-3H3. The Bertz CT molecular complexity index is 543. The van der Waals surface area contributed by atoms with Crippen molar-refractivity contribution < 1.29 is 14.3 Å². The molecule has 126 valence electrons. The lowest BCUT2D eigenvalue weighted by atomic mass is 10.1. The number of carbonyl (C=O) groups excluding carboxylic acids is 2. The van der Waals surface area contributed by atoms with E-state index in [1.165, 1.54) is 7.11 Å². The zero-order valence-corrected chi connectivity index (χ0v) is 14.8. The second-order valence-corrected chi connectivity index (χ2v) is 6.46. The Morgan fingerprint density at radius 2 is 1.96 bits per heavy atom. The highest BCUT2D eigenvalue weighted by Crippen LogP contribution is 2.38. The van der Waals surface area contributed by atoms with Crippen LogP contribution in [0.15, 0.2) is 24.3 Å². The number of amides is 1. The molecule has 0 saturated carbocycles. The van der Waals surface area contributed by atoms with E-state index in [2.05, 4.69) is 18.7 Å². The predicted molar refractivity (Wildman–Crippen MR) is 92.5 cm³/mol. The van der Waals surface area contributed by atoms with Gasteiger partial charge in [-0.05, 0) is 30.8 Å². The second kappa shape index (κ2) is 8.36. The molecule has 1 amide bonds. The first-order valence-corrected chi connectivity index (χ1v) is 8.97. The van der Waals surface area contributed by atoms with Crippen molar-refractivity contribution in [2.75, 3.05) is 39.0 Å². The molecule has 1 fully saturated rings. The minimum atomic E-state index is -0.343. The van der Waals surface area contributed by atoms with Crippen LogP contribution in [0, 0.1) is 0 Å². The molecule has 0 bridgehead atoms. The molecule has 1 aliphatic rings. The van der Waals surface area contributed by atoms with Crippen molar-refractivity contribution in [2.45, 2.75) is 19.2 Å². The van der Waals surface area contributed by atoms with Crippen molar-refractivity contribution in [1.82, 2.24) is 9.80 Å². The molecule has 0 aliphatic carbocycles. The normalized spacial score (nSPS) is 17.8. The summed E-state index contributed by atoms with van der Waals surface area (Å²) in [5, 5.41) is 0.0322. The van der Waals surface area contributed by atoms with Crippen molar-refractivity contribution in [1.29, 1.82) is 0 Å². The minimum absolute atomic E-state index is 0.0322. The van der Waals surface area contributed by atoms with E-state index in [1.807, 2.05) is 17.0 Å². The highest BCUT2D eigenvalue weighted by molar-refractivity contribution is 8.00. The number of ether oxygens (including phenoxy) is 1. The van der Waals surface area contributed by atoms with Crippen LogP contribution in [0.25, 0.3) is 0 Å². The van der Waals surface area contributed by atoms with Gasteiger partial charge in [0.15, 0.2) is 0 Å². The van der Waals surface area contributed by atoms with Crippen LogP contribution in [0.4, 0.5) is 0 Å². The molecular formula is C17H24N2O3S. The van der Waals surface area contributed by atoms with Crippen LogP contribution in [0.5, 0.6) is 0 Å². The lowest BCUT2D eigenvalue weighted by Gasteiger charge is -2.27. The van der Waals surface area contributed by atoms with Gasteiger partial charge < -0.3 is 14.5 Å². The molecule has 0 radical (unpaired) electrons. The first-order chi connectivity index (χ1) is 11.1. The summed E-state index contributed by atoms with van der Waals surface area (Å²) in [5.74, 6) is 0.357. The van der Waals surface area contributed by atoms with Crippen LogP contribution in [0.1, 0.15) is 35.1 Å². The van der Waals surface area contributed by atoms with E-state index in [1.54, 1.807) is 23.9 Å². The van der Waals surface area contributed by atoms with Gasteiger partial charge >= 0.3 is 5.97 Å². The molecule has 1 aliphatic heterocycles. The first kappa shape index (κ1) is 17.8. The Morgan fingerprint density at radius 3 is 2.52 bits per heavy atom. The zero-order chi connectivity index (χ0) is 16.8. The van der Waals surface area contributed by atoms with Crippen LogP contribution >= 0.6 is 11.8 Å². The summed E-state index contributed by atoms with van der Waals surface area (Å²) < 4.78 is 4.72. The van der Waals surface area contributed by atoms with Gasteiger partial charge in [0.05, 0.1) is 18.4 Å². The quantitative estimate of drug-likeness (QED) is 0.716. The van der Waals surface area contributed by atoms with E-state index < -0.39 is 0 Å². The second-order valence-electron chi connectivity index (χ2n) is 5.39. The Morgan fingerprint density at radius 1 is 1.30 bits per heavy atom. The molecule has 0 aromatic heterocycles. The molecule has 2 rings (SSSR count). The SMILES string of the molecule is CCN(CC)CCN1C(=O)CSC1c1ccc(C(=O)OC)cc1. The minimum Gasteiger partial charge on any atom is -0.465 e. The maximum atomic E-state index is 12.2. The van der Waals surface area contributed by atoms with E-state index >= 15 is 0 Å². The average Bonchev–Trinajstić information content (AvgIpc) is 2.96. The van der Waals surface area contributed by atoms with Crippen LogP contribution in [-0.2, 0) is 9.53 Å². The third kappa shape index (κ3) is 4.26. The molecule has 1 aromatic rings. The number of methoxy groups -OCH3 is 1. The monoisotopic (exact) mass is 336 g/mol. The molecule has 5 nitrogen and oxygen atoms in total. The van der Waals surface area contributed by atoms with Gasteiger partial charge in [0.2, 0.25) is 5.91 Å². The molecular weight excluding hydrogens is 312 g/mol. The van der Waals surface area contributed by atoms with E-state index in [4.69, 9.17) is 4.74 Å². The number of carbonyl (C=O) groups is 2. The molecule has 0 spiro atoms. The van der Waals surface area contributed by atoms with Gasteiger partial charge in [-0.1, -0.05) is 26.0 Å². The molecule has 1 unspecified atom stereocenters. The first-order valence-electron chi connectivity index (χ1n) is 7.92.